The van der Waals surface area contributed by atoms with Crippen molar-refractivity contribution in [2.45, 2.75) is 0 Å². The van der Waals surface area contributed by atoms with Crippen LogP contribution in [0.3, 0.4) is 0 Å². The van der Waals surface area contributed by atoms with Gasteiger partial charge in [-0.05, 0) is 0 Å². The molecule has 0 aromatic heterocycles. The Morgan fingerprint density at radius 2 is 2.36 bits per heavy atom. The number of hydrogen-bond acceptors (Lipinski definition) is 3. The van der Waals surface area contributed by atoms with Gasteiger partial charge in [0.05, 0.1) is 13.1 Å². The summed E-state index contributed by atoms with van der Waals surface area (Å²) in [5.74, 6) is 0. The summed E-state index contributed by atoms with van der Waals surface area (Å²) in [6.07, 6.45) is 0.694. The van der Waals surface area contributed by atoms with Crippen molar-refractivity contribution in [2.24, 2.45) is 0 Å². The minimum absolute atomic E-state index is 0.128. The van der Waals surface area contributed by atoms with E-state index in [0.29, 0.717) is 17.8 Å². The topological polar surface area (TPSA) is 40.6 Å². The number of aldehydes is 1. The molecule has 0 radical (unpaired) electrons. The molecule has 1 aliphatic heterocycles. The predicted molar refractivity (Wildman–Crippen MR) is 43.4 cm³/mol. The van der Waals surface area contributed by atoms with E-state index in [-0.39, 0.29) is 12.6 Å². The fourth-order valence-corrected chi connectivity index (χ4v) is 1.12. The Morgan fingerprint density at radius 1 is 1.73 bits per heavy atom. The van der Waals surface area contributed by atoms with Gasteiger partial charge in [0.15, 0.2) is 0 Å². The van der Waals surface area contributed by atoms with E-state index in [1.807, 2.05) is 0 Å². The molecule has 0 bridgehead atoms. The summed E-state index contributed by atoms with van der Waals surface area (Å²) in [5.41, 5.74) is 0. The van der Waals surface area contributed by atoms with E-state index in [1.54, 1.807) is 7.05 Å². The van der Waals surface area contributed by atoms with Gasteiger partial charge in [0, 0.05) is 7.05 Å². The Bertz CT molecular complexity index is 217. The van der Waals surface area contributed by atoms with Gasteiger partial charge >= 0.3 is 6.03 Å². The zero-order valence-corrected chi connectivity index (χ0v) is 6.93. The van der Waals surface area contributed by atoms with Crippen LogP contribution in [0.4, 0.5) is 4.79 Å². The molecule has 60 valence electrons. The van der Waals surface area contributed by atoms with Gasteiger partial charge < -0.3 is 9.69 Å². The van der Waals surface area contributed by atoms with E-state index in [4.69, 9.17) is 12.2 Å². The van der Waals surface area contributed by atoms with Crippen LogP contribution in [0.2, 0.25) is 0 Å². The molecule has 4 nitrogen and oxygen atoms in total. The lowest BCUT2D eigenvalue weighted by atomic mass is 10.6. The largest absolute Gasteiger partial charge is 0.325 e. The minimum Gasteiger partial charge on any atom is -0.311 e. The van der Waals surface area contributed by atoms with E-state index >= 15 is 0 Å². The number of rotatable bonds is 2. The number of amides is 2. The molecule has 0 spiro atoms. The van der Waals surface area contributed by atoms with Crippen molar-refractivity contribution in [3.05, 3.63) is 0 Å². The molecule has 1 rings (SSSR count). The van der Waals surface area contributed by atoms with E-state index in [0.717, 1.165) is 0 Å². The van der Waals surface area contributed by atoms with Crippen molar-refractivity contribution in [1.82, 2.24) is 9.80 Å². The average Bonchev–Trinajstić information content (AvgIpc) is 2.19. The highest BCUT2D eigenvalue weighted by molar-refractivity contribution is 7.80. The average molecular weight is 172 g/mol. The highest BCUT2D eigenvalue weighted by Gasteiger charge is 2.29. The second-order valence-electron chi connectivity index (χ2n) is 2.28. The standard InChI is InChI=1S/C6H8N2O2S/c1-7-5(11)4-8(2-3-9)6(7)10/h3H,2,4H2,1H3. The van der Waals surface area contributed by atoms with Crippen LogP contribution >= 0.6 is 12.2 Å². The van der Waals surface area contributed by atoms with Crippen LogP contribution in [0.25, 0.3) is 0 Å². The second-order valence-corrected chi connectivity index (χ2v) is 2.75. The predicted octanol–water partition coefficient (Wildman–Crippen LogP) is -0.120. The first-order valence-electron chi connectivity index (χ1n) is 3.16. The summed E-state index contributed by atoms with van der Waals surface area (Å²) in [6.45, 7) is 0.521. The van der Waals surface area contributed by atoms with E-state index in [2.05, 4.69) is 0 Å². The maximum Gasteiger partial charge on any atom is 0.325 e. The molecule has 0 aliphatic carbocycles. The van der Waals surface area contributed by atoms with Crippen LogP contribution in [0, 0.1) is 0 Å². The van der Waals surface area contributed by atoms with Crippen LogP contribution in [0.15, 0.2) is 0 Å². The summed E-state index contributed by atoms with van der Waals surface area (Å²) < 4.78 is 0. The highest BCUT2D eigenvalue weighted by Crippen LogP contribution is 2.07. The van der Waals surface area contributed by atoms with Gasteiger partial charge in [0.25, 0.3) is 0 Å². The minimum atomic E-state index is -0.192. The lowest BCUT2D eigenvalue weighted by molar-refractivity contribution is -0.108. The first-order chi connectivity index (χ1) is 5.16. The third kappa shape index (κ3) is 1.37. The van der Waals surface area contributed by atoms with Crippen LogP contribution in [-0.4, -0.2) is 47.2 Å². The maximum absolute atomic E-state index is 11.1. The zero-order chi connectivity index (χ0) is 8.43. The lowest BCUT2D eigenvalue weighted by Crippen LogP contribution is -2.30. The Hall–Kier alpha value is -0.970. The molecule has 0 N–H and O–H groups in total. The van der Waals surface area contributed by atoms with Crippen LogP contribution in [0.5, 0.6) is 0 Å². The Labute approximate surface area is 69.8 Å². The second kappa shape index (κ2) is 2.96. The van der Waals surface area contributed by atoms with Gasteiger partial charge in [-0.15, -0.1) is 0 Å². The van der Waals surface area contributed by atoms with Gasteiger partial charge in [-0.1, -0.05) is 12.2 Å². The number of nitrogens with zero attached hydrogens (tertiary/aromatic N) is 2. The smallest absolute Gasteiger partial charge is 0.311 e. The monoisotopic (exact) mass is 172 g/mol. The third-order valence-corrected chi connectivity index (χ3v) is 1.96. The molecule has 0 aromatic rings. The number of likely N-dealkylation sites (N-methyl/N-ethyl adjacent to an activating group) is 1. The van der Waals surface area contributed by atoms with Crippen LogP contribution < -0.4 is 0 Å². The third-order valence-electron chi connectivity index (χ3n) is 1.55. The molecule has 0 atom stereocenters. The van der Waals surface area contributed by atoms with Gasteiger partial charge in [0.1, 0.15) is 11.3 Å². The normalized spacial score (nSPS) is 17.9. The van der Waals surface area contributed by atoms with Crippen LogP contribution in [0.1, 0.15) is 0 Å². The molecule has 1 aliphatic rings. The molecule has 0 unspecified atom stereocenters. The first-order valence-corrected chi connectivity index (χ1v) is 3.56. The lowest BCUT2D eigenvalue weighted by Gasteiger charge is -2.10. The van der Waals surface area contributed by atoms with Crippen molar-refractivity contribution in [3.8, 4) is 0 Å². The fraction of sp³-hybridized carbons (Fsp3) is 0.500. The van der Waals surface area contributed by atoms with Crippen molar-refractivity contribution in [1.29, 1.82) is 0 Å². The number of thiocarbonyl (C=S) groups is 1. The Morgan fingerprint density at radius 3 is 2.73 bits per heavy atom. The molecular formula is C6H8N2O2S. The summed E-state index contributed by atoms with van der Waals surface area (Å²) >= 11 is 4.86. The molecule has 11 heavy (non-hydrogen) atoms. The number of hydrogen-bond donors (Lipinski definition) is 0. The van der Waals surface area contributed by atoms with Crippen molar-refractivity contribution < 1.29 is 9.59 Å². The summed E-state index contributed by atoms with van der Waals surface area (Å²) in [7, 11) is 1.61. The Kier molecular flexibility index (Phi) is 2.19. The highest BCUT2D eigenvalue weighted by atomic mass is 32.1. The molecule has 1 heterocycles. The van der Waals surface area contributed by atoms with E-state index in [1.165, 1.54) is 9.80 Å². The van der Waals surface area contributed by atoms with Gasteiger partial charge in [0.2, 0.25) is 0 Å². The summed E-state index contributed by atoms with van der Waals surface area (Å²) in [6, 6.07) is -0.192. The molecule has 1 fully saturated rings. The number of carbonyl (C=O) groups excluding carboxylic acids is 2. The van der Waals surface area contributed by atoms with Gasteiger partial charge in [-0.25, -0.2) is 4.79 Å². The quantitative estimate of drug-likeness (QED) is 0.430. The molecule has 0 saturated carbocycles. The van der Waals surface area contributed by atoms with E-state index < -0.39 is 0 Å². The zero-order valence-electron chi connectivity index (χ0n) is 6.11. The SMILES string of the molecule is CN1C(=O)N(CC=O)CC1=S. The van der Waals surface area contributed by atoms with Gasteiger partial charge in [-0.2, -0.15) is 0 Å². The molecular weight excluding hydrogens is 164 g/mol. The summed E-state index contributed by atoms with van der Waals surface area (Å²) in [4.78, 5) is 24.5. The molecule has 1 saturated heterocycles. The number of urea groups is 1. The molecule has 5 heteroatoms. The maximum atomic E-state index is 11.1. The Balaban J connectivity index is 2.66. The van der Waals surface area contributed by atoms with Crippen molar-refractivity contribution >= 4 is 29.5 Å². The first kappa shape index (κ1) is 8.13. The van der Waals surface area contributed by atoms with Crippen molar-refractivity contribution in [3.63, 3.8) is 0 Å². The van der Waals surface area contributed by atoms with Gasteiger partial charge in [-0.3, -0.25) is 4.90 Å². The van der Waals surface area contributed by atoms with Crippen molar-refractivity contribution in [2.75, 3.05) is 20.1 Å². The summed E-state index contributed by atoms with van der Waals surface area (Å²) in [5, 5.41) is 0. The molecule has 2 amide bonds. The fourth-order valence-electron chi connectivity index (χ4n) is 0.888. The van der Waals surface area contributed by atoms with Crippen LogP contribution in [-0.2, 0) is 4.79 Å². The number of carbonyl (C=O) groups is 2. The van der Waals surface area contributed by atoms with E-state index in [9.17, 15) is 9.59 Å². The molecule has 0 aromatic carbocycles.